The van der Waals surface area contributed by atoms with E-state index in [9.17, 15) is 9.90 Å². The number of rotatable bonds is 4. The molecule has 3 N–H and O–H groups in total. The first-order valence-electron chi connectivity index (χ1n) is 7.74. The summed E-state index contributed by atoms with van der Waals surface area (Å²) in [6.45, 7) is 0. The molecule has 0 radical (unpaired) electrons. The van der Waals surface area contributed by atoms with Crippen LogP contribution in [0.15, 0.2) is 66.7 Å². The second kappa shape index (κ2) is 7.11. The van der Waals surface area contributed by atoms with Gasteiger partial charge in [-0.1, -0.05) is 72.8 Å². The average molecular weight is 308 g/mol. The predicted octanol–water partition coefficient (Wildman–Crippen LogP) is 2.35. The SMILES string of the molecule is O=C1N[C@H](/C=C/c2ccccc2)[C@@H](O)[C@@H](Cc2ccccc2)N1. The zero-order valence-corrected chi connectivity index (χ0v) is 12.7. The van der Waals surface area contributed by atoms with Crippen LogP contribution in [0.4, 0.5) is 4.79 Å². The molecule has 0 aliphatic carbocycles. The molecule has 3 atom stereocenters. The van der Waals surface area contributed by atoms with Crippen LogP contribution in [0.3, 0.4) is 0 Å². The summed E-state index contributed by atoms with van der Waals surface area (Å²) in [5.41, 5.74) is 2.12. The summed E-state index contributed by atoms with van der Waals surface area (Å²) in [5, 5.41) is 16.1. The minimum absolute atomic E-state index is 0.251. The van der Waals surface area contributed by atoms with Gasteiger partial charge in [-0.05, 0) is 17.5 Å². The van der Waals surface area contributed by atoms with E-state index in [0.29, 0.717) is 6.42 Å². The fourth-order valence-corrected chi connectivity index (χ4v) is 2.76. The van der Waals surface area contributed by atoms with Gasteiger partial charge in [0.15, 0.2) is 0 Å². The summed E-state index contributed by atoms with van der Waals surface area (Å²) in [6.07, 6.45) is 3.67. The molecular weight excluding hydrogens is 288 g/mol. The lowest BCUT2D eigenvalue weighted by molar-refractivity contribution is 0.0899. The molecule has 0 unspecified atom stereocenters. The topological polar surface area (TPSA) is 61.4 Å². The largest absolute Gasteiger partial charge is 0.388 e. The Labute approximate surface area is 135 Å². The van der Waals surface area contributed by atoms with Crippen molar-refractivity contribution >= 4 is 12.1 Å². The standard InChI is InChI=1S/C19H20N2O2/c22-18-16(12-11-14-7-3-1-4-8-14)20-19(23)21-17(18)13-15-9-5-2-6-10-15/h1-12,16-18,22H,13H2,(H2,20,21,23)/b12-11+/t16-,17-,18-/m1/s1. The second-order valence-corrected chi connectivity index (χ2v) is 5.70. The lowest BCUT2D eigenvalue weighted by atomic mass is 9.94. The highest BCUT2D eigenvalue weighted by Crippen LogP contribution is 2.14. The maximum absolute atomic E-state index is 11.9. The van der Waals surface area contributed by atoms with Crippen molar-refractivity contribution in [2.45, 2.75) is 24.6 Å². The molecule has 4 nitrogen and oxygen atoms in total. The van der Waals surface area contributed by atoms with Crippen LogP contribution in [0.25, 0.3) is 6.08 Å². The van der Waals surface area contributed by atoms with Gasteiger partial charge in [-0.2, -0.15) is 0 Å². The Morgan fingerprint density at radius 1 is 0.957 bits per heavy atom. The van der Waals surface area contributed by atoms with Gasteiger partial charge < -0.3 is 15.7 Å². The molecule has 0 bridgehead atoms. The molecule has 0 saturated carbocycles. The van der Waals surface area contributed by atoms with E-state index in [4.69, 9.17) is 0 Å². The van der Waals surface area contributed by atoms with Gasteiger partial charge in [-0.25, -0.2) is 4.79 Å². The summed E-state index contributed by atoms with van der Waals surface area (Å²) >= 11 is 0. The molecule has 0 aromatic heterocycles. The van der Waals surface area contributed by atoms with E-state index in [1.807, 2.05) is 72.8 Å². The molecule has 1 saturated heterocycles. The van der Waals surface area contributed by atoms with Crippen molar-refractivity contribution in [3.63, 3.8) is 0 Å². The highest BCUT2D eigenvalue weighted by molar-refractivity contribution is 5.76. The predicted molar refractivity (Wildman–Crippen MR) is 90.9 cm³/mol. The summed E-state index contributed by atoms with van der Waals surface area (Å²) in [4.78, 5) is 11.9. The minimum Gasteiger partial charge on any atom is -0.388 e. The van der Waals surface area contributed by atoms with Gasteiger partial charge in [-0.3, -0.25) is 0 Å². The van der Waals surface area contributed by atoms with Gasteiger partial charge >= 0.3 is 6.03 Å². The number of hydrogen-bond acceptors (Lipinski definition) is 2. The van der Waals surface area contributed by atoms with Gasteiger partial charge in [0.25, 0.3) is 0 Å². The quantitative estimate of drug-likeness (QED) is 0.812. The van der Waals surface area contributed by atoms with Gasteiger partial charge in [0.1, 0.15) is 0 Å². The van der Waals surface area contributed by atoms with E-state index in [2.05, 4.69) is 10.6 Å². The van der Waals surface area contributed by atoms with Crippen molar-refractivity contribution in [2.75, 3.05) is 0 Å². The van der Waals surface area contributed by atoms with Crippen LogP contribution in [0.1, 0.15) is 11.1 Å². The zero-order valence-electron chi connectivity index (χ0n) is 12.7. The van der Waals surface area contributed by atoms with Crippen molar-refractivity contribution in [1.82, 2.24) is 10.6 Å². The third-order valence-corrected chi connectivity index (χ3v) is 3.99. The number of carbonyl (C=O) groups is 1. The van der Waals surface area contributed by atoms with Gasteiger partial charge in [0, 0.05) is 0 Å². The number of carbonyl (C=O) groups excluding carboxylic acids is 1. The van der Waals surface area contributed by atoms with Crippen molar-refractivity contribution in [3.8, 4) is 0 Å². The van der Waals surface area contributed by atoms with Gasteiger partial charge in [0.05, 0.1) is 18.2 Å². The summed E-state index contributed by atoms with van der Waals surface area (Å²) in [7, 11) is 0. The Morgan fingerprint density at radius 3 is 2.30 bits per heavy atom. The van der Waals surface area contributed by atoms with Crippen LogP contribution in [0, 0.1) is 0 Å². The Kier molecular flexibility index (Phi) is 4.74. The molecule has 118 valence electrons. The monoisotopic (exact) mass is 308 g/mol. The van der Waals surface area contributed by atoms with E-state index in [-0.39, 0.29) is 12.1 Å². The number of amides is 2. The van der Waals surface area contributed by atoms with Gasteiger partial charge in [0.2, 0.25) is 0 Å². The summed E-state index contributed by atoms with van der Waals surface area (Å²) < 4.78 is 0. The second-order valence-electron chi connectivity index (χ2n) is 5.70. The number of hydrogen-bond donors (Lipinski definition) is 3. The normalized spacial score (nSPS) is 24.2. The first-order chi connectivity index (χ1) is 11.2. The van der Waals surface area contributed by atoms with Crippen LogP contribution in [-0.4, -0.2) is 29.3 Å². The highest BCUT2D eigenvalue weighted by Gasteiger charge is 2.33. The van der Waals surface area contributed by atoms with Crippen molar-refractivity contribution in [3.05, 3.63) is 77.9 Å². The van der Waals surface area contributed by atoms with E-state index in [0.717, 1.165) is 11.1 Å². The molecule has 3 rings (SSSR count). The fourth-order valence-electron chi connectivity index (χ4n) is 2.76. The third kappa shape index (κ3) is 3.99. The first kappa shape index (κ1) is 15.3. The molecule has 23 heavy (non-hydrogen) atoms. The number of benzene rings is 2. The molecule has 1 aliphatic heterocycles. The molecule has 0 spiro atoms. The summed E-state index contributed by atoms with van der Waals surface area (Å²) in [6, 6.07) is 18.7. The maximum Gasteiger partial charge on any atom is 0.315 e. The van der Waals surface area contributed by atoms with E-state index >= 15 is 0 Å². The molecule has 1 fully saturated rings. The number of urea groups is 1. The molecule has 1 heterocycles. The van der Waals surface area contributed by atoms with Crippen LogP contribution in [-0.2, 0) is 6.42 Å². The number of nitrogens with one attached hydrogen (secondary N) is 2. The smallest absolute Gasteiger partial charge is 0.315 e. The third-order valence-electron chi connectivity index (χ3n) is 3.99. The van der Waals surface area contributed by atoms with E-state index in [1.54, 1.807) is 0 Å². The van der Waals surface area contributed by atoms with Crippen LogP contribution < -0.4 is 10.6 Å². The minimum atomic E-state index is -0.687. The Hall–Kier alpha value is -2.59. The molecule has 4 heteroatoms. The number of aliphatic hydroxyl groups is 1. The molecular formula is C19H20N2O2. The van der Waals surface area contributed by atoms with Gasteiger partial charge in [-0.15, -0.1) is 0 Å². The average Bonchev–Trinajstić information content (AvgIpc) is 2.58. The van der Waals surface area contributed by atoms with Crippen LogP contribution >= 0.6 is 0 Å². The molecule has 1 aliphatic rings. The Morgan fingerprint density at radius 2 is 1.61 bits per heavy atom. The lowest BCUT2D eigenvalue weighted by Gasteiger charge is -2.35. The van der Waals surface area contributed by atoms with Crippen molar-refractivity contribution < 1.29 is 9.90 Å². The molecule has 2 aromatic rings. The highest BCUT2D eigenvalue weighted by atomic mass is 16.3. The molecule has 2 amide bonds. The fraction of sp³-hybridized carbons (Fsp3) is 0.211. The zero-order chi connectivity index (χ0) is 16.1. The first-order valence-corrected chi connectivity index (χ1v) is 7.74. The van der Waals surface area contributed by atoms with Crippen LogP contribution in [0.2, 0.25) is 0 Å². The lowest BCUT2D eigenvalue weighted by Crippen LogP contribution is -2.63. The molecule has 2 aromatic carbocycles. The maximum atomic E-state index is 11.9. The van der Waals surface area contributed by atoms with E-state index in [1.165, 1.54) is 0 Å². The van der Waals surface area contributed by atoms with Crippen LogP contribution in [0.5, 0.6) is 0 Å². The number of aliphatic hydroxyl groups excluding tert-OH is 1. The van der Waals surface area contributed by atoms with Crippen molar-refractivity contribution in [1.29, 1.82) is 0 Å². The summed E-state index contributed by atoms with van der Waals surface area (Å²) in [5.74, 6) is 0. The Bertz CT molecular complexity index is 670. The Balaban J connectivity index is 1.71. The van der Waals surface area contributed by atoms with Crippen molar-refractivity contribution in [2.24, 2.45) is 0 Å². The van der Waals surface area contributed by atoms with E-state index < -0.39 is 12.1 Å².